The quantitative estimate of drug-likeness (QED) is 0.839. The van der Waals surface area contributed by atoms with Crippen LogP contribution in [-0.2, 0) is 14.3 Å². The average Bonchev–Trinajstić information content (AvgIpc) is 3.40. The van der Waals surface area contributed by atoms with Crippen LogP contribution >= 0.6 is 0 Å². The van der Waals surface area contributed by atoms with Crippen molar-refractivity contribution >= 4 is 11.9 Å². The van der Waals surface area contributed by atoms with E-state index in [0.29, 0.717) is 37.2 Å². The molecule has 0 spiro atoms. The van der Waals surface area contributed by atoms with E-state index in [1.54, 1.807) is 19.1 Å². The van der Waals surface area contributed by atoms with Crippen molar-refractivity contribution < 1.29 is 18.7 Å². The van der Waals surface area contributed by atoms with Gasteiger partial charge >= 0.3 is 5.97 Å². The molecule has 24 heavy (non-hydrogen) atoms. The molecule has 0 saturated heterocycles. The molecule has 2 N–H and O–H groups in total. The molecule has 130 valence electrons. The number of halogens is 1. The molecule has 3 rings (SSSR count). The van der Waals surface area contributed by atoms with E-state index in [1.807, 2.05) is 0 Å². The van der Waals surface area contributed by atoms with Crippen molar-refractivity contribution in [3.8, 4) is 0 Å². The minimum atomic E-state index is -0.286. The van der Waals surface area contributed by atoms with Crippen molar-refractivity contribution in [2.45, 2.75) is 51.6 Å². The van der Waals surface area contributed by atoms with E-state index in [1.165, 1.54) is 6.07 Å². The highest BCUT2D eigenvalue weighted by Crippen LogP contribution is 2.44. The summed E-state index contributed by atoms with van der Waals surface area (Å²) in [7, 11) is 0. The maximum atomic E-state index is 13.5. The number of esters is 1. The van der Waals surface area contributed by atoms with E-state index in [0.717, 1.165) is 18.4 Å². The van der Waals surface area contributed by atoms with Crippen LogP contribution in [0.4, 0.5) is 4.39 Å². The predicted molar refractivity (Wildman–Crippen MR) is 87.3 cm³/mol. The fraction of sp³-hybridized carbons (Fsp3) is 0.579. The zero-order valence-corrected chi connectivity index (χ0v) is 14.0. The third kappa shape index (κ3) is 3.77. The van der Waals surface area contributed by atoms with Crippen molar-refractivity contribution in [3.05, 3.63) is 35.1 Å². The number of aryl methyl sites for hydroxylation is 1. The standard InChI is InChI=1S/C19H24FNO3/c1-11-10-15(8-9-16(11)20)17(12-2-3-12)24-19(23)14-6-4-13(5-7-14)18(21)22/h8-10,12-14,17H,2-7H2,1H3,(H2,21,22)/t13?,14?,17-/m0/s1. The molecule has 2 aliphatic rings. The SMILES string of the molecule is Cc1cc([C@@H](OC(=O)C2CCC(C(N)=O)CC2)C2CC2)ccc1F. The minimum Gasteiger partial charge on any atom is -0.457 e. The van der Waals surface area contributed by atoms with E-state index >= 15 is 0 Å². The lowest BCUT2D eigenvalue weighted by molar-refractivity contribution is -0.157. The fourth-order valence-corrected chi connectivity index (χ4v) is 3.52. The number of carbonyl (C=O) groups excluding carboxylic acids is 2. The lowest BCUT2D eigenvalue weighted by atomic mass is 9.81. The van der Waals surface area contributed by atoms with Crippen LogP contribution in [0, 0.1) is 30.5 Å². The van der Waals surface area contributed by atoms with Crippen molar-refractivity contribution in [2.24, 2.45) is 23.5 Å². The Kier molecular flexibility index (Phi) is 4.88. The van der Waals surface area contributed by atoms with Gasteiger partial charge in [-0.25, -0.2) is 4.39 Å². The summed E-state index contributed by atoms with van der Waals surface area (Å²) in [6.45, 7) is 1.72. The van der Waals surface area contributed by atoms with E-state index in [-0.39, 0.29) is 35.6 Å². The van der Waals surface area contributed by atoms with Gasteiger partial charge in [-0.1, -0.05) is 6.07 Å². The van der Waals surface area contributed by atoms with Crippen LogP contribution in [0.2, 0.25) is 0 Å². The number of benzene rings is 1. The van der Waals surface area contributed by atoms with Gasteiger partial charge in [0.25, 0.3) is 0 Å². The lowest BCUT2D eigenvalue weighted by Crippen LogP contribution is -2.31. The molecule has 5 heteroatoms. The van der Waals surface area contributed by atoms with Gasteiger partial charge in [0.15, 0.2) is 0 Å². The number of hydrogen-bond acceptors (Lipinski definition) is 3. The molecule has 1 amide bonds. The van der Waals surface area contributed by atoms with Crippen LogP contribution in [0.25, 0.3) is 0 Å². The third-order valence-corrected chi connectivity index (χ3v) is 5.27. The van der Waals surface area contributed by atoms with Crippen LogP contribution in [0.15, 0.2) is 18.2 Å². The maximum Gasteiger partial charge on any atom is 0.309 e. The molecule has 0 aliphatic heterocycles. The van der Waals surface area contributed by atoms with Gasteiger partial charge in [0.05, 0.1) is 5.92 Å². The van der Waals surface area contributed by atoms with Gasteiger partial charge < -0.3 is 10.5 Å². The number of nitrogens with two attached hydrogens (primary N) is 1. The number of rotatable bonds is 5. The van der Waals surface area contributed by atoms with Crippen LogP contribution in [0.3, 0.4) is 0 Å². The van der Waals surface area contributed by atoms with E-state index in [4.69, 9.17) is 10.5 Å². The third-order valence-electron chi connectivity index (χ3n) is 5.27. The topological polar surface area (TPSA) is 69.4 Å². The zero-order chi connectivity index (χ0) is 17.3. The summed E-state index contributed by atoms with van der Waals surface area (Å²) in [4.78, 5) is 23.8. The molecular weight excluding hydrogens is 309 g/mol. The predicted octanol–water partition coefficient (Wildman–Crippen LogP) is 3.42. The first-order chi connectivity index (χ1) is 11.5. The molecule has 0 bridgehead atoms. The highest BCUT2D eigenvalue weighted by molar-refractivity contribution is 5.78. The number of ether oxygens (including phenoxy) is 1. The van der Waals surface area contributed by atoms with E-state index in [9.17, 15) is 14.0 Å². The summed E-state index contributed by atoms with van der Waals surface area (Å²) in [5.41, 5.74) is 6.77. The minimum absolute atomic E-state index is 0.118. The first kappa shape index (κ1) is 16.9. The van der Waals surface area contributed by atoms with Gasteiger partial charge in [0.1, 0.15) is 11.9 Å². The van der Waals surface area contributed by atoms with E-state index < -0.39 is 0 Å². The van der Waals surface area contributed by atoms with Crippen LogP contribution in [0.5, 0.6) is 0 Å². The monoisotopic (exact) mass is 333 g/mol. The fourth-order valence-electron chi connectivity index (χ4n) is 3.52. The second kappa shape index (κ2) is 6.91. The maximum absolute atomic E-state index is 13.5. The number of hydrogen-bond donors (Lipinski definition) is 1. The summed E-state index contributed by atoms with van der Waals surface area (Å²) in [6.07, 6.45) is 4.37. The first-order valence-electron chi connectivity index (χ1n) is 8.71. The lowest BCUT2D eigenvalue weighted by Gasteiger charge is -2.27. The van der Waals surface area contributed by atoms with Crippen molar-refractivity contribution in [3.63, 3.8) is 0 Å². The highest BCUT2D eigenvalue weighted by atomic mass is 19.1. The Morgan fingerprint density at radius 2 is 1.75 bits per heavy atom. The van der Waals surface area contributed by atoms with E-state index in [2.05, 4.69) is 0 Å². The Morgan fingerprint density at radius 3 is 2.29 bits per heavy atom. The summed E-state index contributed by atoms with van der Waals surface area (Å²) in [6, 6.07) is 4.92. The van der Waals surface area contributed by atoms with Gasteiger partial charge in [-0.05, 0) is 68.7 Å². The molecular formula is C19H24FNO3. The molecule has 2 aliphatic carbocycles. The molecule has 4 nitrogen and oxygen atoms in total. The summed E-state index contributed by atoms with van der Waals surface area (Å²) >= 11 is 0. The average molecular weight is 333 g/mol. The highest BCUT2D eigenvalue weighted by Gasteiger charge is 2.38. The van der Waals surface area contributed by atoms with Crippen molar-refractivity contribution in [1.82, 2.24) is 0 Å². The van der Waals surface area contributed by atoms with Crippen LogP contribution in [-0.4, -0.2) is 11.9 Å². The van der Waals surface area contributed by atoms with Gasteiger partial charge in [0, 0.05) is 11.8 Å². The normalized spacial score (nSPS) is 25.1. The van der Waals surface area contributed by atoms with Crippen molar-refractivity contribution in [2.75, 3.05) is 0 Å². The summed E-state index contributed by atoms with van der Waals surface area (Å²) in [5, 5.41) is 0. The second-order valence-electron chi connectivity index (χ2n) is 7.15. The molecule has 0 heterocycles. The number of primary amides is 1. The molecule has 1 aromatic carbocycles. The molecule has 1 atom stereocenters. The molecule has 0 radical (unpaired) electrons. The Bertz CT molecular complexity index is 633. The Hall–Kier alpha value is -1.91. The zero-order valence-electron chi connectivity index (χ0n) is 14.0. The molecule has 2 saturated carbocycles. The van der Waals surface area contributed by atoms with Crippen molar-refractivity contribution in [1.29, 1.82) is 0 Å². The Labute approximate surface area is 141 Å². The van der Waals surface area contributed by atoms with Gasteiger partial charge in [-0.2, -0.15) is 0 Å². The second-order valence-corrected chi connectivity index (χ2v) is 7.15. The van der Waals surface area contributed by atoms with Gasteiger partial charge in [0.2, 0.25) is 5.91 Å². The first-order valence-corrected chi connectivity index (χ1v) is 8.71. The molecule has 1 aromatic rings. The Balaban J connectivity index is 1.65. The van der Waals surface area contributed by atoms with Crippen LogP contribution < -0.4 is 5.73 Å². The number of carbonyl (C=O) groups is 2. The molecule has 0 unspecified atom stereocenters. The van der Waals surface area contributed by atoms with Gasteiger partial charge in [-0.15, -0.1) is 0 Å². The Morgan fingerprint density at radius 1 is 1.12 bits per heavy atom. The largest absolute Gasteiger partial charge is 0.457 e. The van der Waals surface area contributed by atoms with Crippen LogP contribution in [0.1, 0.15) is 55.8 Å². The molecule has 2 fully saturated rings. The summed E-state index contributed by atoms with van der Waals surface area (Å²) in [5.74, 6) is -0.669. The van der Waals surface area contributed by atoms with Gasteiger partial charge in [-0.3, -0.25) is 9.59 Å². The number of amides is 1. The summed E-state index contributed by atoms with van der Waals surface area (Å²) < 4.78 is 19.3. The smallest absolute Gasteiger partial charge is 0.309 e. The molecule has 0 aromatic heterocycles.